The van der Waals surface area contributed by atoms with Gasteiger partial charge in [-0.1, -0.05) is 18.5 Å². The smallest absolute Gasteiger partial charge is 0.256 e. The van der Waals surface area contributed by atoms with Crippen LogP contribution in [0.4, 0.5) is 5.69 Å². The van der Waals surface area contributed by atoms with Crippen LogP contribution in [0.25, 0.3) is 0 Å². The number of hydrogen-bond donors (Lipinski definition) is 2. The van der Waals surface area contributed by atoms with E-state index in [1.54, 1.807) is 23.1 Å². The summed E-state index contributed by atoms with van der Waals surface area (Å²) in [5.74, 6) is -0.347. The number of carbonyl (C=O) groups excluding carboxylic acids is 2. The van der Waals surface area contributed by atoms with E-state index >= 15 is 0 Å². The molecule has 1 heterocycles. The normalized spacial score (nSPS) is 18.2. The molecule has 1 fully saturated rings. The first kappa shape index (κ1) is 16.6. The first-order valence-electron chi connectivity index (χ1n) is 6.18. The molecule has 1 aliphatic rings. The van der Waals surface area contributed by atoms with Crippen molar-refractivity contribution in [2.45, 2.75) is 19.4 Å². The summed E-state index contributed by atoms with van der Waals surface area (Å²) >= 11 is 6.04. The van der Waals surface area contributed by atoms with Gasteiger partial charge in [-0.2, -0.15) is 0 Å². The highest BCUT2D eigenvalue weighted by molar-refractivity contribution is 6.34. The third kappa shape index (κ3) is 3.16. The standard InChI is InChI=1S/C13H16ClN3O2.ClH/c1-2-11-12(18)16-5-6-17(11)13(19)9-4-3-8(15)7-10(9)14;/h3-4,7,11H,2,5-6,15H2,1H3,(H,16,18);1H. The number of nitrogens with zero attached hydrogens (tertiary/aromatic N) is 1. The van der Waals surface area contributed by atoms with Gasteiger partial charge in [0.15, 0.2) is 0 Å². The molecule has 110 valence electrons. The van der Waals surface area contributed by atoms with Crippen molar-refractivity contribution in [3.05, 3.63) is 28.8 Å². The Hall–Kier alpha value is -1.46. The molecule has 1 aliphatic heterocycles. The molecule has 1 aromatic carbocycles. The molecule has 7 heteroatoms. The average Bonchev–Trinajstić information content (AvgIpc) is 2.37. The third-order valence-electron chi connectivity index (χ3n) is 3.20. The Morgan fingerprint density at radius 2 is 2.25 bits per heavy atom. The molecule has 1 atom stereocenters. The number of nitrogens with two attached hydrogens (primary N) is 1. The van der Waals surface area contributed by atoms with Gasteiger partial charge in [0.05, 0.1) is 10.6 Å². The van der Waals surface area contributed by atoms with Gasteiger partial charge < -0.3 is 16.0 Å². The second-order valence-electron chi connectivity index (χ2n) is 4.45. The number of amides is 2. The highest BCUT2D eigenvalue weighted by Gasteiger charge is 2.32. The van der Waals surface area contributed by atoms with Crippen LogP contribution < -0.4 is 11.1 Å². The zero-order valence-electron chi connectivity index (χ0n) is 11.1. The number of hydrogen-bond acceptors (Lipinski definition) is 3. The van der Waals surface area contributed by atoms with E-state index in [9.17, 15) is 9.59 Å². The Balaban J connectivity index is 0.00000200. The zero-order chi connectivity index (χ0) is 14.0. The number of benzene rings is 1. The maximum Gasteiger partial charge on any atom is 0.256 e. The first-order chi connectivity index (χ1) is 9.04. The molecule has 0 spiro atoms. The summed E-state index contributed by atoms with van der Waals surface area (Å²) in [5.41, 5.74) is 6.49. The van der Waals surface area contributed by atoms with Crippen LogP contribution in [-0.4, -0.2) is 35.8 Å². The second-order valence-corrected chi connectivity index (χ2v) is 4.86. The fourth-order valence-electron chi connectivity index (χ4n) is 2.22. The van der Waals surface area contributed by atoms with E-state index in [0.29, 0.717) is 35.8 Å². The SMILES string of the molecule is CCC1C(=O)NCCN1C(=O)c1ccc(N)cc1Cl.Cl. The molecule has 0 saturated carbocycles. The van der Waals surface area contributed by atoms with Crippen molar-refractivity contribution >= 4 is 41.5 Å². The predicted octanol–water partition coefficient (Wildman–Crippen LogP) is 1.69. The van der Waals surface area contributed by atoms with E-state index in [2.05, 4.69) is 5.32 Å². The van der Waals surface area contributed by atoms with Crippen molar-refractivity contribution < 1.29 is 9.59 Å². The van der Waals surface area contributed by atoms with Gasteiger partial charge in [0.2, 0.25) is 5.91 Å². The number of rotatable bonds is 2. The summed E-state index contributed by atoms with van der Waals surface area (Å²) in [5, 5.41) is 3.07. The van der Waals surface area contributed by atoms with E-state index in [1.807, 2.05) is 6.92 Å². The maximum absolute atomic E-state index is 12.5. The monoisotopic (exact) mass is 317 g/mol. The largest absolute Gasteiger partial charge is 0.399 e. The summed E-state index contributed by atoms with van der Waals surface area (Å²) in [6, 6.07) is 4.33. The molecule has 2 amide bonds. The van der Waals surface area contributed by atoms with E-state index in [-0.39, 0.29) is 24.2 Å². The molecule has 2 rings (SSSR count). The van der Waals surface area contributed by atoms with Crippen molar-refractivity contribution in [2.75, 3.05) is 18.8 Å². The summed E-state index contributed by atoms with van der Waals surface area (Å²) < 4.78 is 0. The number of piperazine rings is 1. The molecule has 0 bridgehead atoms. The van der Waals surface area contributed by atoms with Crippen LogP contribution in [0.1, 0.15) is 23.7 Å². The zero-order valence-corrected chi connectivity index (χ0v) is 12.6. The summed E-state index contributed by atoms with van der Waals surface area (Å²) in [4.78, 5) is 25.8. The van der Waals surface area contributed by atoms with Gasteiger partial charge in [0.25, 0.3) is 5.91 Å². The molecule has 1 unspecified atom stereocenters. The molecule has 1 aromatic rings. The van der Waals surface area contributed by atoms with Gasteiger partial charge in [-0.15, -0.1) is 12.4 Å². The Kier molecular flexibility index (Phi) is 5.65. The van der Waals surface area contributed by atoms with Crippen LogP contribution in [0.2, 0.25) is 5.02 Å². The number of anilines is 1. The van der Waals surface area contributed by atoms with Crippen LogP contribution in [0.5, 0.6) is 0 Å². The molecule has 20 heavy (non-hydrogen) atoms. The summed E-state index contributed by atoms with van der Waals surface area (Å²) in [6.07, 6.45) is 0.574. The molecule has 0 radical (unpaired) electrons. The quantitative estimate of drug-likeness (QED) is 0.815. The lowest BCUT2D eigenvalue weighted by Crippen LogP contribution is -2.56. The molecule has 0 aromatic heterocycles. The Labute approximate surface area is 128 Å². The fourth-order valence-corrected chi connectivity index (χ4v) is 2.49. The van der Waals surface area contributed by atoms with E-state index in [4.69, 9.17) is 17.3 Å². The predicted molar refractivity (Wildman–Crippen MR) is 81.2 cm³/mol. The molecule has 3 N–H and O–H groups in total. The molecule has 5 nitrogen and oxygen atoms in total. The highest BCUT2D eigenvalue weighted by atomic mass is 35.5. The molecular weight excluding hydrogens is 301 g/mol. The summed E-state index contributed by atoms with van der Waals surface area (Å²) in [6.45, 7) is 2.83. The minimum absolute atomic E-state index is 0. The van der Waals surface area contributed by atoms with Gasteiger partial charge in [-0.05, 0) is 24.6 Å². The first-order valence-corrected chi connectivity index (χ1v) is 6.56. The van der Waals surface area contributed by atoms with E-state index < -0.39 is 6.04 Å². The van der Waals surface area contributed by atoms with Crippen molar-refractivity contribution in [3.8, 4) is 0 Å². The maximum atomic E-state index is 12.5. The van der Waals surface area contributed by atoms with Gasteiger partial charge in [-0.25, -0.2) is 0 Å². The number of nitrogens with one attached hydrogen (secondary N) is 1. The van der Waals surface area contributed by atoms with Crippen LogP contribution in [-0.2, 0) is 4.79 Å². The topological polar surface area (TPSA) is 75.4 Å². The van der Waals surface area contributed by atoms with Gasteiger partial charge in [0, 0.05) is 18.8 Å². The molecule has 0 aliphatic carbocycles. The lowest BCUT2D eigenvalue weighted by atomic mass is 10.1. The Morgan fingerprint density at radius 1 is 1.55 bits per heavy atom. The Morgan fingerprint density at radius 3 is 2.85 bits per heavy atom. The van der Waals surface area contributed by atoms with Gasteiger partial charge >= 0.3 is 0 Å². The molecular formula is C13H17Cl2N3O2. The fraction of sp³-hybridized carbons (Fsp3) is 0.385. The average molecular weight is 318 g/mol. The van der Waals surface area contributed by atoms with Crippen LogP contribution >= 0.6 is 24.0 Å². The Bertz CT molecular complexity index is 522. The number of carbonyl (C=O) groups is 2. The minimum atomic E-state index is -0.435. The van der Waals surface area contributed by atoms with Crippen molar-refractivity contribution in [1.82, 2.24) is 10.2 Å². The highest BCUT2D eigenvalue weighted by Crippen LogP contribution is 2.22. The lowest BCUT2D eigenvalue weighted by molar-refractivity contribution is -0.127. The van der Waals surface area contributed by atoms with E-state index in [1.165, 1.54) is 0 Å². The molecule has 1 saturated heterocycles. The van der Waals surface area contributed by atoms with Crippen LogP contribution in [0.3, 0.4) is 0 Å². The lowest BCUT2D eigenvalue weighted by Gasteiger charge is -2.34. The van der Waals surface area contributed by atoms with Gasteiger partial charge in [-0.3, -0.25) is 9.59 Å². The van der Waals surface area contributed by atoms with Crippen LogP contribution in [0.15, 0.2) is 18.2 Å². The van der Waals surface area contributed by atoms with Gasteiger partial charge in [0.1, 0.15) is 6.04 Å². The number of nitrogen functional groups attached to an aromatic ring is 1. The third-order valence-corrected chi connectivity index (χ3v) is 3.51. The van der Waals surface area contributed by atoms with Crippen molar-refractivity contribution in [3.63, 3.8) is 0 Å². The van der Waals surface area contributed by atoms with Crippen molar-refractivity contribution in [2.24, 2.45) is 0 Å². The van der Waals surface area contributed by atoms with Crippen molar-refractivity contribution in [1.29, 1.82) is 0 Å². The van der Waals surface area contributed by atoms with Crippen LogP contribution in [0, 0.1) is 0 Å². The summed E-state index contributed by atoms with van der Waals surface area (Å²) in [7, 11) is 0. The second kappa shape index (κ2) is 6.81. The number of halogens is 2. The van der Waals surface area contributed by atoms with E-state index in [0.717, 1.165) is 0 Å². The minimum Gasteiger partial charge on any atom is -0.399 e.